The first kappa shape index (κ1) is 18.9. The summed E-state index contributed by atoms with van der Waals surface area (Å²) >= 11 is 0. The summed E-state index contributed by atoms with van der Waals surface area (Å²) in [5.41, 5.74) is 3.70. The number of ether oxygens (including phenoxy) is 1. The molecule has 0 aliphatic carbocycles. The maximum absolute atomic E-state index is 5.34. The molecule has 4 heteroatoms. The first-order valence-electron chi connectivity index (χ1n) is 10.2. The van der Waals surface area contributed by atoms with E-state index in [0.29, 0.717) is 5.92 Å². The highest BCUT2D eigenvalue weighted by molar-refractivity contribution is 5.71. The fourth-order valence-corrected chi connectivity index (χ4v) is 4.05. The fraction of sp³-hybridized carbons (Fsp3) is 0.375. The van der Waals surface area contributed by atoms with Crippen LogP contribution < -0.4 is 4.74 Å². The summed E-state index contributed by atoms with van der Waals surface area (Å²) in [6, 6.07) is 16.8. The standard InChI is InChI=1S/C24H29N3O/c1-28-22-9-10-23-21(11-12-25-24(23)18-22)19-27-16-14-26(15-17-27)13-5-8-20-6-3-2-4-7-20/h2-10,12,18,21H,11,13-17,19H2,1H3. The Bertz CT molecular complexity index is 823. The highest BCUT2D eigenvalue weighted by Gasteiger charge is 2.23. The number of methoxy groups -OCH3 is 1. The van der Waals surface area contributed by atoms with E-state index in [1.165, 1.54) is 11.1 Å². The van der Waals surface area contributed by atoms with Gasteiger partial charge in [0.1, 0.15) is 5.75 Å². The van der Waals surface area contributed by atoms with Crippen molar-refractivity contribution in [2.75, 3.05) is 46.4 Å². The average molecular weight is 376 g/mol. The van der Waals surface area contributed by atoms with Crippen molar-refractivity contribution >= 4 is 18.0 Å². The number of benzene rings is 2. The molecule has 1 unspecified atom stereocenters. The summed E-state index contributed by atoms with van der Waals surface area (Å²) in [5.74, 6) is 1.41. The van der Waals surface area contributed by atoms with Crippen molar-refractivity contribution in [3.8, 4) is 5.75 Å². The number of rotatable bonds is 6. The van der Waals surface area contributed by atoms with Gasteiger partial charge in [-0.3, -0.25) is 9.89 Å². The Morgan fingerprint density at radius 3 is 2.61 bits per heavy atom. The molecule has 4 rings (SSSR count). The molecule has 2 aliphatic heterocycles. The maximum atomic E-state index is 5.34. The second-order valence-electron chi connectivity index (χ2n) is 7.58. The molecule has 0 amide bonds. The Labute approximate surface area is 168 Å². The van der Waals surface area contributed by atoms with Gasteiger partial charge in [-0.2, -0.15) is 0 Å². The van der Waals surface area contributed by atoms with Crippen molar-refractivity contribution in [1.29, 1.82) is 0 Å². The van der Waals surface area contributed by atoms with Crippen LogP contribution in [0.25, 0.3) is 6.08 Å². The van der Waals surface area contributed by atoms with Crippen LogP contribution in [0.3, 0.4) is 0 Å². The Morgan fingerprint density at radius 1 is 1.04 bits per heavy atom. The number of nitrogens with zero attached hydrogens (tertiary/aromatic N) is 3. The highest BCUT2D eigenvalue weighted by Crippen LogP contribution is 2.35. The fourth-order valence-electron chi connectivity index (χ4n) is 4.05. The monoisotopic (exact) mass is 375 g/mol. The van der Waals surface area contributed by atoms with Gasteiger partial charge in [-0.05, 0) is 23.6 Å². The third kappa shape index (κ3) is 4.70. The smallest absolute Gasteiger partial charge is 0.121 e. The molecule has 2 heterocycles. The SMILES string of the molecule is COc1ccc2c(c1)N=CCC2CN1CCN(CC=Cc2ccccc2)CC1. The molecule has 2 aromatic carbocycles. The lowest BCUT2D eigenvalue weighted by Crippen LogP contribution is -2.47. The quantitative estimate of drug-likeness (QED) is 0.757. The average Bonchev–Trinajstić information content (AvgIpc) is 2.75. The second kappa shape index (κ2) is 9.18. The minimum Gasteiger partial charge on any atom is -0.497 e. The van der Waals surface area contributed by atoms with Crippen LogP contribution in [0.15, 0.2) is 59.6 Å². The van der Waals surface area contributed by atoms with E-state index in [0.717, 1.165) is 57.1 Å². The van der Waals surface area contributed by atoms with E-state index in [1.54, 1.807) is 7.11 Å². The zero-order valence-electron chi connectivity index (χ0n) is 16.6. The van der Waals surface area contributed by atoms with Crippen LogP contribution in [0.2, 0.25) is 0 Å². The number of hydrogen-bond acceptors (Lipinski definition) is 4. The molecule has 0 radical (unpaired) electrons. The summed E-state index contributed by atoms with van der Waals surface area (Å²) in [6.45, 7) is 6.68. The van der Waals surface area contributed by atoms with Gasteiger partial charge in [0, 0.05) is 57.5 Å². The minimum absolute atomic E-state index is 0.530. The summed E-state index contributed by atoms with van der Waals surface area (Å²) in [5, 5.41) is 0. The predicted molar refractivity (Wildman–Crippen MR) is 117 cm³/mol. The zero-order valence-corrected chi connectivity index (χ0v) is 16.6. The van der Waals surface area contributed by atoms with Gasteiger partial charge < -0.3 is 9.64 Å². The van der Waals surface area contributed by atoms with E-state index in [9.17, 15) is 0 Å². The van der Waals surface area contributed by atoms with Crippen LogP contribution in [0, 0.1) is 0 Å². The van der Waals surface area contributed by atoms with E-state index in [1.807, 2.05) is 0 Å². The molecule has 0 aromatic heterocycles. The largest absolute Gasteiger partial charge is 0.497 e. The molecular formula is C24H29N3O. The Hall–Kier alpha value is -2.43. The third-order valence-corrected chi connectivity index (χ3v) is 5.71. The van der Waals surface area contributed by atoms with Crippen LogP contribution in [-0.4, -0.2) is 62.4 Å². The van der Waals surface area contributed by atoms with Crippen molar-refractivity contribution in [3.05, 3.63) is 65.7 Å². The first-order chi connectivity index (χ1) is 13.8. The summed E-state index contributed by atoms with van der Waals surface area (Å²) in [7, 11) is 1.71. The van der Waals surface area contributed by atoms with Gasteiger partial charge in [-0.25, -0.2) is 0 Å². The van der Waals surface area contributed by atoms with Crippen LogP contribution in [0.1, 0.15) is 23.5 Å². The Balaban J connectivity index is 1.27. The predicted octanol–water partition coefficient (Wildman–Crippen LogP) is 4.22. The molecule has 0 spiro atoms. The summed E-state index contributed by atoms with van der Waals surface area (Å²) < 4.78 is 5.34. The number of piperazine rings is 1. The van der Waals surface area contributed by atoms with Crippen molar-refractivity contribution < 1.29 is 4.74 Å². The normalized spacial score (nSPS) is 20.4. The van der Waals surface area contributed by atoms with E-state index in [4.69, 9.17) is 4.74 Å². The first-order valence-corrected chi connectivity index (χ1v) is 10.2. The molecule has 4 nitrogen and oxygen atoms in total. The molecule has 1 fully saturated rings. The van der Waals surface area contributed by atoms with Crippen LogP contribution in [0.4, 0.5) is 5.69 Å². The molecular weight excluding hydrogens is 346 g/mol. The van der Waals surface area contributed by atoms with Crippen molar-refractivity contribution in [1.82, 2.24) is 9.80 Å². The molecule has 1 atom stereocenters. The maximum Gasteiger partial charge on any atom is 0.121 e. The lowest BCUT2D eigenvalue weighted by Gasteiger charge is -2.36. The zero-order chi connectivity index (χ0) is 19.2. The van der Waals surface area contributed by atoms with Crippen LogP contribution in [0.5, 0.6) is 5.75 Å². The lowest BCUT2D eigenvalue weighted by atomic mass is 9.91. The Morgan fingerprint density at radius 2 is 1.82 bits per heavy atom. The Kier molecular flexibility index (Phi) is 6.20. The topological polar surface area (TPSA) is 28.1 Å². The highest BCUT2D eigenvalue weighted by atomic mass is 16.5. The molecule has 0 N–H and O–H groups in total. The van der Waals surface area contributed by atoms with E-state index in [2.05, 4.69) is 81.7 Å². The van der Waals surface area contributed by atoms with Crippen molar-refractivity contribution in [2.45, 2.75) is 12.3 Å². The van der Waals surface area contributed by atoms with Crippen molar-refractivity contribution in [3.63, 3.8) is 0 Å². The second-order valence-corrected chi connectivity index (χ2v) is 7.58. The molecule has 146 valence electrons. The van der Waals surface area contributed by atoms with E-state index < -0.39 is 0 Å². The van der Waals surface area contributed by atoms with E-state index >= 15 is 0 Å². The number of aliphatic imine (C=N–C) groups is 1. The van der Waals surface area contributed by atoms with Gasteiger partial charge in [-0.1, -0.05) is 48.6 Å². The van der Waals surface area contributed by atoms with Gasteiger partial charge in [-0.15, -0.1) is 0 Å². The van der Waals surface area contributed by atoms with E-state index in [-0.39, 0.29) is 0 Å². The van der Waals surface area contributed by atoms with Gasteiger partial charge >= 0.3 is 0 Å². The van der Waals surface area contributed by atoms with Crippen LogP contribution >= 0.6 is 0 Å². The van der Waals surface area contributed by atoms with Crippen LogP contribution in [-0.2, 0) is 0 Å². The van der Waals surface area contributed by atoms with Crippen molar-refractivity contribution in [2.24, 2.45) is 4.99 Å². The third-order valence-electron chi connectivity index (χ3n) is 5.71. The molecule has 2 aliphatic rings. The van der Waals surface area contributed by atoms with Gasteiger partial charge in [0.15, 0.2) is 0 Å². The van der Waals surface area contributed by atoms with Gasteiger partial charge in [0.05, 0.1) is 12.8 Å². The number of hydrogen-bond donors (Lipinski definition) is 0. The number of fused-ring (bicyclic) bond motifs is 1. The molecule has 0 saturated carbocycles. The summed E-state index contributed by atoms with van der Waals surface area (Å²) in [6.07, 6.45) is 7.60. The molecule has 0 bridgehead atoms. The van der Waals surface area contributed by atoms with Gasteiger partial charge in [0.25, 0.3) is 0 Å². The minimum atomic E-state index is 0.530. The molecule has 2 aromatic rings. The lowest BCUT2D eigenvalue weighted by molar-refractivity contribution is 0.137. The van der Waals surface area contributed by atoms with Gasteiger partial charge in [0.2, 0.25) is 0 Å². The molecule has 28 heavy (non-hydrogen) atoms. The summed E-state index contributed by atoms with van der Waals surface area (Å²) in [4.78, 5) is 9.72. The molecule has 1 saturated heterocycles.